The second-order valence-corrected chi connectivity index (χ2v) is 2.34. The molecule has 0 aliphatic rings. The van der Waals surface area contributed by atoms with Crippen LogP contribution >= 0.6 is 0 Å². The summed E-state index contributed by atoms with van der Waals surface area (Å²) in [6.07, 6.45) is 0.000728. The maximum absolute atomic E-state index is 12.7. The summed E-state index contributed by atoms with van der Waals surface area (Å²) < 4.78 is 51.3. The summed E-state index contributed by atoms with van der Waals surface area (Å²) in [4.78, 5) is 0. The zero-order valence-corrected chi connectivity index (χ0v) is 6.73. The van der Waals surface area contributed by atoms with Crippen molar-refractivity contribution >= 4 is 0 Å². The molecule has 0 saturated heterocycles. The number of terminal acetylenes is 1. The van der Waals surface area contributed by atoms with Crippen LogP contribution < -0.4 is 4.74 Å². The number of alkyl halides is 3. The van der Waals surface area contributed by atoms with Gasteiger partial charge in [-0.3, -0.25) is 0 Å². The van der Waals surface area contributed by atoms with E-state index in [1.807, 2.05) is 0 Å². The van der Waals surface area contributed by atoms with Gasteiger partial charge in [-0.1, -0.05) is 5.92 Å². The number of halogens is 4. The molecule has 0 fully saturated rings. The number of ether oxygens (including phenoxy) is 1. The fraction of sp³-hybridized carbons (Fsp3) is 0.111. The Bertz CT molecular complexity index is 375. The largest absolute Gasteiger partial charge is 0.573 e. The van der Waals surface area contributed by atoms with Gasteiger partial charge in [0.05, 0.1) is 0 Å². The van der Waals surface area contributed by atoms with Crippen molar-refractivity contribution in [3.63, 3.8) is 0 Å². The molecular weight excluding hydrogens is 200 g/mol. The van der Waals surface area contributed by atoms with E-state index in [9.17, 15) is 17.6 Å². The monoisotopic (exact) mass is 204 g/mol. The molecule has 1 aromatic rings. The van der Waals surface area contributed by atoms with Gasteiger partial charge in [0.1, 0.15) is 0 Å². The van der Waals surface area contributed by atoms with E-state index in [0.717, 1.165) is 12.1 Å². The Morgan fingerprint density at radius 1 is 1.29 bits per heavy atom. The number of rotatable bonds is 1. The average molecular weight is 204 g/mol. The number of hydrogen-bond donors (Lipinski definition) is 0. The third-order valence-electron chi connectivity index (χ3n) is 1.32. The van der Waals surface area contributed by atoms with Crippen molar-refractivity contribution in [2.24, 2.45) is 0 Å². The van der Waals surface area contributed by atoms with Crippen molar-refractivity contribution in [3.05, 3.63) is 29.6 Å². The molecule has 0 saturated carbocycles. The molecular formula is C9H4F4O. The van der Waals surface area contributed by atoms with Crippen molar-refractivity contribution in [3.8, 4) is 18.1 Å². The highest BCUT2D eigenvalue weighted by atomic mass is 19.4. The molecule has 0 amide bonds. The lowest BCUT2D eigenvalue weighted by atomic mass is 10.2. The first-order valence-electron chi connectivity index (χ1n) is 3.44. The first-order valence-corrected chi connectivity index (χ1v) is 3.44. The normalized spacial score (nSPS) is 10.8. The maximum atomic E-state index is 12.7. The molecule has 0 radical (unpaired) electrons. The van der Waals surface area contributed by atoms with Crippen LogP contribution in [0.15, 0.2) is 18.2 Å². The lowest BCUT2D eigenvalue weighted by molar-refractivity contribution is -0.275. The van der Waals surface area contributed by atoms with Crippen molar-refractivity contribution in [1.29, 1.82) is 0 Å². The summed E-state index contributed by atoms with van der Waals surface area (Å²) in [5, 5.41) is 0. The molecule has 0 bridgehead atoms. The quantitative estimate of drug-likeness (QED) is 0.504. The Morgan fingerprint density at radius 3 is 2.43 bits per heavy atom. The van der Waals surface area contributed by atoms with Crippen LogP contribution in [0.1, 0.15) is 5.56 Å². The number of benzene rings is 1. The number of hydrogen-bond acceptors (Lipinski definition) is 1. The van der Waals surface area contributed by atoms with E-state index in [0.29, 0.717) is 0 Å². The second-order valence-electron chi connectivity index (χ2n) is 2.34. The van der Waals surface area contributed by atoms with Crippen LogP contribution in [0, 0.1) is 18.2 Å². The fourth-order valence-electron chi connectivity index (χ4n) is 0.796. The third kappa shape index (κ3) is 2.66. The first-order chi connectivity index (χ1) is 6.42. The highest BCUT2D eigenvalue weighted by Gasteiger charge is 2.32. The molecule has 0 heterocycles. The van der Waals surface area contributed by atoms with E-state index >= 15 is 0 Å². The summed E-state index contributed by atoms with van der Waals surface area (Å²) in [5.41, 5.74) is 0.116. The van der Waals surface area contributed by atoms with Gasteiger partial charge in [0.25, 0.3) is 0 Å². The van der Waals surface area contributed by atoms with Crippen molar-refractivity contribution in [1.82, 2.24) is 0 Å². The minimum atomic E-state index is -4.92. The van der Waals surface area contributed by atoms with Gasteiger partial charge in [-0.15, -0.1) is 19.6 Å². The van der Waals surface area contributed by atoms with E-state index < -0.39 is 17.9 Å². The van der Waals surface area contributed by atoms with Crippen LogP contribution in [0.25, 0.3) is 0 Å². The zero-order valence-electron chi connectivity index (χ0n) is 6.73. The van der Waals surface area contributed by atoms with Gasteiger partial charge < -0.3 is 4.74 Å². The Balaban J connectivity index is 3.03. The van der Waals surface area contributed by atoms with Gasteiger partial charge in [0.2, 0.25) is 0 Å². The smallest absolute Gasteiger partial charge is 0.403 e. The van der Waals surface area contributed by atoms with Gasteiger partial charge in [0.15, 0.2) is 11.6 Å². The lowest BCUT2D eigenvalue weighted by Gasteiger charge is -2.09. The fourth-order valence-corrected chi connectivity index (χ4v) is 0.796. The Labute approximate surface area is 77.3 Å². The van der Waals surface area contributed by atoms with Gasteiger partial charge >= 0.3 is 6.36 Å². The van der Waals surface area contributed by atoms with Crippen molar-refractivity contribution in [2.75, 3.05) is 0 Å². The third-order valence-corrected chi connectivity index (χ3v) is 1.32. The average Bonchev–Trinajstić information content (AvgIpc) is 2.06. The standard InChI is InChI=1S/C9H4F4O/c1-2-6-3-4-7(10)8(5-6)14-9(11,12)13/h1,3-5H. The summed E-state index contributed by atoms with van der Waals surface area (Å²) in [6, 6.07) is 2.80. The van der Waals surface area contributed by atoms with Crippen LogP contribution in [0.5, 0.6) is 5.75 Å². The van der Waals surface area contributed by atoms with Crippen LogP contribution in [0.4, 0.5) is 17.6 Å². The molecule has 1 rings (SSSR count). The van der Waals surface area contributed by atoms with E-state index in [-0.39, 0.29) is 5.56 Å². The van der Waals surface area contributed by atoms with Crippen LogP contribution in [0.3, 0.4) is 0 Å². The Morgan fingerprint density at radius 2 is 1.93 bits per heavy atom. The molecule has 14 heavy (non-hydrogen) atoms. The summed E-state index contributed by atoms with van der Waals surface area (Å²) >= 11 is 0. The predicted octanol–water partition coefficient (Wildman–Crippen LogP) is 2.71. The summed E-state index contributed by atoms with van der Waals surface area (Å²) in [6.45, 7) is 0. The minimum absolute atomic E-state index is 0.116. The van der Waals surface area contributed by atoms with E-state index in [4.69, 9.17) is 6.42 Å². The van der Waals surface area contributed by atoms with Crippen LogP contribution in [0.2, 0.25) is 0 Å². The Kier molecular flexibility index (Phi) is 2.65. The van der Waals surface area contributed by atoms with Gasteiger partial charge in [-0.05, 0) is 18.2 Å². The van der Waals surface area contributed by atoms with Crippen molar-refractivity contribution < 1.29 is 22.3 Å². The Hall–Kier alpha value is -1.70. The molecule has 1 aromatic carbocycles. The van der Waals surface area contributed by atoms with Gasteiger partial charge in [-0.2, -0.15) is 0 Å². The van der Waals surface area contributed by atoms with Crippen molar-refractivity contribution in [2.45, 2.75) is 6.36 Å². The molecule has 0 unspecified atom stereocenters. The van der Waals surface area contributed by atoms with E-state index in [2.05, 4.69) is 10.7 Å². The molecule has 0 aliphatic carbocycles. The topological polar surface area (TPSA) is 9.23 Å². The maximum Gasteiger partial charge on any atom is 0.573 e. The van der Waals surface area contributed by atoms with Crippen LogP contribution in [-0.4, -0.2) is 6.36 Å². The van der Waals surface area contributed by atoms with E-state index in [1.165, 1.54) is 6.07 Å². The molecule has 0 aliphatic heterocycles. The SMILES string of the molecule is C#Cc1ccc(F)c(OC(F)(F)F)c1. The van der Waals surface area contributed by atoms with Gasteiger partial charge in [0, 0.05) is 5.56 Å². The molecule has 0 atom stereocenters. The molecule has 0 aromatic heterocycles. The zero-order chi connectivity index (χ0) is 10.8. The first kappa shape index (κ1) is 10.4. The molecule has 1 nitrogen and oxygen atoms in total. The molecule has 0 spiro atoms. The predicted molar refractivity (Wildman–Crippen MR) is 41.0 cm³/mol. The lowest BCUT2D eigenvalue weighted by Crippen LogP contribution is -2.18. The summed E-state index contributed by atoms with van der Waals surface area (Å²) in [7, 11) is 0. The van der Waals surface area contributed by atoms with Crippen LogP contribution in [-0.2, 0) is 0 Å². The highest BCUT2D eigenvalue weighted by molar-refractivity contribution is 5.39. The molecule has 74 valence electrons. The van der Waals surface area contributed by atoms with Gasteiger partial charge in [-0.25, -0.2) is 4.39 Å². The van der Waals surface area contributed by atoms with E-state index in [1.54, 1.807) is 0 Å². The second kappa shape index (κ2) is 3.58. The minimum Gasteiger partial charge on any atom is -0.403 e. The summed E-state index contributed by atoms with van der Waals surface area (Å²) in [5.74, 6) is 0.0332. The highest BCUT2D eigenvalue weighted by Crippen LogP contribution is 2.26. The molecule has 0 N–H and O–H groups in total. The molecule has 5 heteroatoms.